The third-order valence-electron chi connectivity index (χ3n) is 2.40. The first-order valence-corrected chi connectivity index (χ1v) is 5.88. The normalized spacial score (nSPS) is 10.1. The van der Waals surface area contributed by atoms with Gasteiger partial charge in [0.15, 0.2) is 0 Å². The van der Waals surface area contributed by atoms with E-state index in [-0.39, 0.29) is 5.69 Å². The summed E-state index contributed by atoms with van der Waals surface area (Å²) in [4.78, 5) is 14.3. The summed E-state index contributed by atoms with van der Waals surface area (Å²) >= 11 is 9.13. The molecule has 2 rings (SSSR count). The van der Waals surface area contributed by atoms with Crippen LogP contribution in [0.25, 0.3) is 11.1 Å². The minimum absolute atomic E-state index is 0.0534. The van der Waals surface area contributed by atoms with Crippen LogP contribution in [0.4, 0.5) is 5.69 Å². The van der Waals surface area contributed by atoms with Gasteiger partial charge in [-0.1, -0.05) is 18.3 Å². The zero-order valence-electron chi connectivity index (χ0n) is 9.11. The summed E-state index contributed by atoms with van der Waals surface area (Å²) in [5.41, 5.74) is 2.29. The summed E-state index contributed by atoms with van der Waals surface area (Å²) in [6.45, 7) is 0. The Morgan fingerprint density at radius 2 is 1.94 bits per heavy atom. The van der Waals surface area contributed by atoms with Crippen LogP contribution in [0, 0.1) is 10.1 Å². The van der Waals surface area contributed by atoms with Crippen molar-refractivity contribution in [1.82, 2.24) is 4.98 Å². The molecule has 0 spiro atoms. The predicted octanol–water partition coefficient (Wildman–Crippen LogP) is 3.26. The van der Waals surface area contributed by atoms with Crippen molar-refractivity contribution in [3.8, 4) is 11.1 Å². The number of rotatable bonds is 3. The van der Waals surface area contributed by atoms with Crippen LogP contribution in [0.15, 0.2) is 42.6 Å². The van der Waals surface area contributed by atoms with Crippen molar-refractivity contribution in [2.75, 3.05) is 0 Å². The zero-order valence-corrected chi connectivity index (χ0v) is 10.8. The number of non-ortho nitro benzene ring substituents is 1. The minimum atomic E-state index is -0.433. The van der Waals surface area contributed by atoms with Gasteiger partial charge >= 0.3 is 0 Å². The van der Waals surface area contributed by atoms with Gasteiger partial charge in [-0.15, -0.1) is 12.6 Å². The molecule has 0 atom stereocenters. The summed E-state index contributed by atoms with van der Waals surface area (Å²) in [5, 5.41) is 10.6. The maximum Gasteiger partial charge on any atom is 0.269 e. The van der Waals surface area contributed by atoms with Gasteiger partial charge in [-0.05, 0) is 23.8 Å². The van der Waals surface area contributed by atoms with Gasteiger partial charge in [-0.25, -0.2) is 0 Å². The molecule has 0 unspecified atom stereocenters. The van der Waals surface area contributed by atoms with Crippen LogP contribution in [0.5, 0.6) is 0 Å². The lowest BCUT2D eigenvalue weighted by Crippen LogP contribution is -1.96. The highest BCUT2D eigenvalue weighted by molar-refractivity contribution is 8.11. The van der Waals surface area contributed by atoms with E-state index >= 15 is 0 Å². The highest BCUT2D eigenvalue weighted by Gasteiger charge is 2.10. The van der Waals surface area contributed by atoms with Crippen LogP contribution in [0.3, 0.4) is 0 Å². The summed E-state index contributed by atoms with van der Waals surface area (Å²) in [6.07, 6.45) is 1.63. The SMILES string of the molecule is O=[N+]([O-])c1ccc(-c2cccnc2C(=S)S)cc1. The van der Waals surface area contributed by atoms with Crippen molar-refractivity contribution in [3.05, 3.63) is 58.4 Å². The highest BCUT2D eigenvalue weighted by Crippen LogP contribution is 2.25. The van der Waals surface area contributed by atoms with E-state index in [0.717, 1.165) is 11.1 Å². The van der Waals surface area contributed by atoms with Crippen molar-refractivity contribution in [3.63, 3.8) is 0 Å². The fourth-order valence-corrected chi connectivity index (χ4v) is 1.91. The Hall–Kier alpha value is -1.79. The summed E-state index contributed by atoms with van der Waals surface area (Å²) in [6, 6.07) is 9.88. The number of nitro benzene ring substituents is 1. The molecule has 0 N–H and O–H groups in total. The number of nitro groups is 1. The van der Waals surface area contributed by atoms with Crippen molar-refractivity contribution < 1.29 is 4.92 Å². The molecule has 0 fully saturated rings. The van der Waals surface area contributed by atoms with Crippen molar-refractivity contribution in [1.29, 1.82) is 0 Å². The monoisotopic (exact) mass is 276 g/mol. The highest BCUT2D eigenvalue weighted by atomic mass is 32.1. The fraction of sp³-hybridized carbons (Fsp3) is 0. The van der Waals surface area contributed by atoms with Gasteiger partial charge in [0.05, 0.1) is 14.8 Å². The first-order chi connectivity index (χ1) is 8.59. The average molecular weight is 276 g/mol. The molecule has 1 aromatic carbocycles. The lowest BCUT2D eigenvalue weighted by molar-refractivity contribution is -0.384. The topological polar surface area (TPSA) is 56.0 Å². The van der Waals surface area contributed by atoms with Gasteiger partial charge in [0, 0.05) is 23.9 Å². The Labute approximate surface area is 114 Å². The first kappa shape index (κ1) is 12.7. The first-order valence-electron chi connectivity index (χ1n) is 5.03. The Kier molecular flexibility index (Phi) is 3.69. The van der Waals surface area contributed by atoms with E-state index in [1.807, 2.05) is 6.07 Å². The van der Waals surface area contributed by atoms with Gasteiger partial charge < -0.3 is 0 Å². The van der Waals surface area contributed by atoms with Crippen LogP contribution in [0.2, 0.25) is 0 Å². The Morgan fingerprint density at radius 3 is 2.50 bits per heavy atom. The smallest absolute Gasteiger partial charge is 0.258 e. The molecule has 2 aromatic rings. The number of hydrogen-bond donors (Lipinski definition) is 1. The molecule has 6 heteroatoms. The van der Waals surface area contributed by atoms with E-state index in [4.69, 9.17) is 12.2 Å². The number of benzene rings is 1. The van der Waals surface area contributed by atoms with Crippen LogP contribution >= 0.6 is 24.8 Å². The third kappa shape index (κ3) is 2.55. The van der Waals surface area contributed by atoms with Crippen LogP contribution in [-0.4, -0.2) is 14.1 Å². The predicted molar refractivity (Wildman–Crippen MR) is 77.0 cm³/mol. The van der Waals surface area contributed by atoms with Crippen molar-refractivity contribution >= 4 is 34.7 Å². The second kappa shape index (κ2) is 5.24. The van der Waals surface area contributed by atoms with Crippen LogP contribution in [0.1, 0.15) is 5.69 Å². The molecular formula is C12H8N2O2S2. The Bertz CT molecular complexity index is 612. The van der Waals surface area contributed by atoms with E-state index < -0.39 is 4.92 Å². The van der Waals surface area contributed by atoms with E-state index in [2.05, 4.69) is 17.6 Å². The summed E-state index contributed by atoms with van der Waals surface area (Å²) < 4.78 is 0.393. The molecule has 0 radical (unpaired) electrons. The molecule has 0 aliphatic rings. The minimum Gasteiger partial charge on any atom is -0.258 e. The number of thiocarbonyl (C=S) groups is 1. The van der Waals surface area contributed by atoms with Gasteiger partial charge in [0.2, 0.25) is 0 Å². The Morgan fingerprint density at radius 1 is 1.28 bits per heavy atom. The molecule has 0 saturated heterocycles. The molecule has 0 aliphatic carbocycles. The molecule has 90 valence electrons. The number of thiol groups is 1. The molecule has 18 heavy (non-hydrogen) atoms. The van der Waals surface area contributed by atoms with E-state index in [9.17, 15) is 10.1 Å². The van der Waals surface area contributed by atoms with Crippen molar-refractivity contribution in [2.45, 2.75) is 0 Å². The van der Waals surface area contributed by atoms with Crippen LogP contribution < -0.4 is 0 Å². The lowest BCUT2D eigenvalue weighted by atomic mass is 10.0. The molecule has 0 bridgehead atoms. The number of aromatic nitrogens is 1. The molecule has 4 nitrogen and oxygen atoms in total. The molecule has 0 amide bonds. The number of nitrogens with zero attached hydrogens (tertiary/aromatic N) is 2. The fourth-order valence-electron chi connectivity index (χ4n) is 1.57. The molecule has 0 aliphatic heterocycles. The third-order valence-corrected chi connectivity index (χ3v) is 2.80. The standard InChI is InChI=1S/C12H8N2O2S2/c15-14(16)9-5-3-8(4-6-9)10-2-1-7-13-11(10)12(17)18/h1-7H,(H,17,18). The molecule has 1 aromatic heterocycles. The van der Waals surface area contributed by atoms with Crippen LogP contribution in [-0.2, 0) is 0 Å². The van der Waals surface area contributed by atoms with Gasteiger partial charge in [0.25, 0.3) is 5.69 Å². The molecule has 1 heterocycles. The number of pyridine rings is 1. The number of hydrogen-bond acceptors (Lipinski definition) is 4. The molecular weight excluding hydrogens is 268 g/mol. The average Bonchev–Trinajstić information content (AvgIpc) is 2.39. The summed E-state index contributed by atoms with van der Waals surface area (Å²) in [7, 11) is 0. The maximum absolute atomic E-state index is 10.6. The quantitative estimate of drug-likeness (QED) is 0.404. The Balaban J connectivity index is 2.49. The zero-order chi connectivity index (χ0) is 13.1. The van der Waals surface area contributed by atoms with E-state index in [1.54, 1.807) is 24.4 Å². The maximum atomic E-state index is 10.6. The summed E-state index contributed by atoms with van der Waals surface area (Å²) in [5.74, 6) is 0. The van der Waals surface area contributed by atoms with Gasteiger partial charge in [-0.3, -0.25) is 15.1 Å². The van der Waals surface area contributed by atoms with Gasteiger partial charge in [-0.2, -0.15) is 0 Å². The van der Waals surface area contributed by atoms with E-state index in [0.29, 0.717) is 9.89 Å². The van der Waals surface area contributed by atoms with E-state index in [1.165, 1.54) is 12.1 Å². The lowest BCUT2D eigenvalue weighted by Gasteiger charge is -2.06. The van der Waals surface area contributed by atoms with Crippen molar-refractivity contribution in [2.24, 2.45) is 0 Å². The van der Waals surface area contributed by atoms with Gasteiger partial charge in [0.1, 0.15) is 0 Å². The molecule has 0 saturated carbocycles. The second-order valence-electron chi connectivity index (χ2n) is 3.51. The second-order valence-corrected chi connectivity index (χ2v) is 4.67. The largest absolute Gasteiger partial charge is 0.269 e.